The molecule has 0 bridgehead atoms. The largest absolute Gasteiger partial charge is 0.310 e. The van der Waals surface area contributed by atoms with Gasteiger partial charge in [0.15, 0.2) is 0 Å². The summed E-state index contributed by atoms with van der Waals surface area (Å²) in [6.45, 7) is 2.20. The lowest BCUT2D eigenvalue weighted by Gasteiger charge is -2.26. The Labute approximate surface area is 161 Å². The Hall–Kier alpha value is -3.32. The summed E-state index contributed by atoms with van der Waals surface area (Å²) in [5.41, 5.74) is 7.33. The molecule has 0 amide bonds. The monoisotopic (exact) mass is 349 g/mol. The maximum absolute atomic E-state index is 2.31. The Balaban J connectivity index is 1.77. The Kier molecular flexibility index (Phi) is 5.02. The summed E-state index contributed by atoms with van der Waals surface area (Å²) in [5, 5.41) is 0. The molecule has 0 radical (unpaired) electrons. The summed E-state index contributed by atoms with van der Waals surface area (Å²) in [6, 6.07) is 38.6. The Bertz CT molecular complexity index is 989. The predicted molar refractivity (Wildman–Crippen MR) is 116 cm³/mol. The number of benzene rings is 4. The summed E-state index contributed by atoms with van der Waals surface area (Å²) >= 11 is 0. The highest BCUT2D eigenvalue weighted by atomic mass is 15.1. The van der Waals surface area contributed by atoms with Gasteiger partial charge in [0.1, 0.15) is 0 Å². The molecule has 0 saturated heterocycles. The summed E-state index contributed by atoms with van der Waals surface area (Å²) in [4.78, 5) is 2.31. The van der Waals surface area contributed by atoms with Crippen LogP contribution in [0.25, 0.3) is 11.1 Å². The molecule has 27 heavy (non-hydrogen) atoms. The third-order valence-electron chi connectivity index (χ3n) is 4.82. The molecule has 0 heterocycles. The summed E-state index contributed by atoms with van der Waals surface area (Å²) < 4.78 is 0. The molecule has 0 N–H and O–H groups in total. The smallest absolute Gasteiger partial charge is 0.0464 e. The van der Waals surface area contributed by atoms with E-state index in [9.17, 15) is 0 Å². The van der Waals surface area contributed by atoms with Gasteiger partial charge in [-0.1, -0.05) is 79.7 Å². The number of hydrogen-bond acceptors (Lipinski definition) is 1. The van der Waals surface area contributed by atoms with E-state index in [0.717, 1.165) is 12.1 Å². The van der Waals surface area contributed by atoms with Gasteiger partial charge in [-0.25, -0.2) is 0 Å². The van der Waals surface area contributed by atoms with E-state index in [4.69, 9.17) is 0 Å². The van der Waals surface area contributed by atoms with E-state index in [0.29, 0.717) is 0 Å². The zero-order valence-electron chi connectivity index (χ0n) is 15.5. The first kappa shape index (κ1) is 17.1. The van der Waals surface area contributed by atoms with E-state index in [-0.39, 0.29) is 0 Å². The van der Waals surface area contributed by atoms with Crippen molar-refractivity contribution in [2.75, 3.05) is 4.90 Å². The van der Waals surface area contributed by atoms with Crippen LogP contribution in [-0.2, 0) is 6.42 Å². The van der Waals surface area contributed by atoms with Gasteiger partial charge in [-0.3, -0.25) is 0 Å². The summed E-state index contributed by atoms with van der Waals surface area (Å²) in [6.07, 6.45) is 1.03. The fraction of sp³-hybridized carbons (Fsp3) is 0.0769. The van der Waals surface area contributed by atoms with Gasteiger partial charge < -0.3 is 4.90 Å². The van der Waals surface area contributed by atoms with Gasteiger partial charge in [-0.15, -0.1) is 0 Å². The summed E-state index contributed by atoms with van der Waals surface area (Å²) in [5.74, 6) is 0. The van der Waals surface area contributed by atoms with Crippen molar-refractivity contribution in [1.29, 1.82) is 0 Å². The van der Waals surface area contributed by atoms with E-state index >= 15 is 0 Å². The quantitative estimate of drug-likeness (QED) is 0.363. The highest BCUT2D eigenvalue weighted by molar-refractivity contribution is 5.78. The van der Waals surface area contributed by atoms with Crippen molar-refractivity contribution >= 4 is 17.1 Å². The molecular weight excluding hydrogens is 326 g/mol. The second kappa shape index (κ2) is 7.92. The van der Waals surface area contributed by atoms with Gasteiger partial charge in [0.05, 0.1) is 0 Å². The second-order valence-corrected chi connectivity index (χ2v) is 6.61. The average molecular weight is 349 g/mol. The number of nitrogens with zero attached hydrogens (tertiary/aromatic N) is 1. The third-order valence-corrected chi connectivity index (χ3v) is 4.82. The summed E-state index contributed by atoms with van der Waals surface area (Å²) in [7, 11) is 0. The van der Waals surface area contributed by atoms with Crippen LogP contribution in [-0.4, -0.2) is 0 Å². The molecule has 4 aromatic carbocycles. The number of rotatable bonds is 5. The van der Waals surface area contributed by atoms with Crippen molar-refractivity contribution in [1.82, 2.24) is 0 Å². The van der Waals surface area contributed by atoms with Crippen molar-refractivity contribution in [3.63, 3.8) is 0 Å². The average Bonchev–Trinajstić information content (AvgIpc) is 2.76. The van der Waals surface area contributed by atoms with E-state index in [2.05, 4.69) is 121 Å². The van der Waals surface area contributed by atoms with Gasteiger partial charge >= 0.3 is 0 Å². The van der Waals surface area contributed by atoms with Crippen LogP contribution in [0.15, 0.2) is 109 Å². The predicted octanol–water partition coefficient (Wildman–Crippen LogP) is 7.39. The van der Waals surface area contributed by atoms with Gasteiger partial charge in [0.25, 0.3) is 0 Å². The second-order valence-electron chi connectivity index (χ2n) is 6.61. The van der Waals surface area contributed by atoms with Crippen molar-refractivity contribution in [3.8, 4) is 11.1 Å². The minimum absolute atomic E-state index is 1.03. The number of anilines is 3. The molecule has 1 nitrogen and oxygen atoms in total. The molecule has 0 atom stereocenters. The molecule has 0 fully saturated rings. The molecule has 0 saturated carbocycles. The van der Waals surface area contributed by atoms with Crippen molar-refractivity contribution < 1.29 is 0 Å². The SMILES string of the molecule is CCc1cccc(N(c2ccccc2)c2ccc(-c3ccccc3)cc2)c1. The first-order chi connectivity index (χ1) is 13.3. The number of hydrogen-bond donors (Lipinski definition) is 0. The molecule has 132 valence electrons. The van der Waals surface area contributed by atoms with Crippen molar-refractivity contribution in [2.24, 2.45) is 0 Å². The lowest BCUT2D eigenvalue weighted by molar-refractivity contribution is 1.13. The van der Waals surface area contributed by atoms with Crippen molar-refractivity contribution in [3.05, 3.63) is 115 Å². The zero-order chi connectivity index (χ0) is 18.5. The van der Waals surface area contributed by atoms with E-state index < -0.39 is 0 Å². The molecule has 0 unspecified atom stereocenters. The van der Waals surface area contributed by atoms with Crippen LogP contribution in [0, 0.1) is 0 Å². The van der Waals surface area contributed by atoms with Gasteiger partial charge in [0, 0.05) is 17.1 Å². The maximum atomic E-state index is 2.31. The molecule has 0 aliphatic carbocycles. The maximum Gasteiger partial charge on any atom is 0.0464 e. The van der Waals surface area contributed by atoms with Gasteiger partial charge in [-0.05, 0) is 59.5 Å². The van der Waals surface area contributed by atoms with Gasteiger partial charge in [0.2, 0.25) is 0 Å². The molecule has 0 aliphatic heterocycles. The minimum atomic E-state index is 1.03. The van der Waals surface area contributed by atoms with Gasteiger partial charge in [-0.2, -0.15) is 0 Å². The molecule has 0 aromatic heterocycles. The fourth-order valence-electron chi connectivity index (χ4n) is 3.37. The highest BCUT2D eigenvalue weighted by Gasteiger charge is 2.12. The highest BCUT2D eigenvalue weighted by Crippen LogP contribution is 2.35. The fourth-order valence-corrected chi connectivity index (χ4v) is 3.37. The molecule has 1 heteroatoms. The first-order valence-electron chi connectivity index (χ1n) is 9.45. The van der Waals surface area contributed by atoms with Crippen LogP contribution >= 0.6 is 0 Å². The Morgan fingerprint density at radius 3 is 1.74 bits per heavy atom. The standard InChI is InChI=1S/C26H23N/c1-2-21-10-9-15-26(20-21)27(24-13-7-4-8-14-24)25-18-16-23(17-19-25)22-11-5-3-6-12-22/h3-20H,2H2,1H3. The Morgan fingerprint density at radius 2 is 1.07 bits per heavy atom. The zero-order valence-corrected chi connectivity index (χ0v) is 15.5. The van der Waals surface area contributed by atoms with Crippen LogP contribution < -0.4 is 4.90 Å². The van der Waals surface area contributed by atoms with Crippen LogP contribution in [0.4, 0.5) is 17.1 Å². The van der Waals surface area contributed by atoms with Crippen molar-refractivity contribution in [2.45, 2.75) is 13.3 Å². The lowest BCUT2D eigenvalue weighted by Crippen LogP contribution is -2.10. The van der Waals surface area contributed by atoms with E-state index in [1.807, 2.05) is 0 Å². The topological polar surface area (TPSA) is 3.24 Å². The molecule has 4 rings (SSSR count). The van der Waals surface area contributed by atoms with Crippen LogP contribution in [0.2, 0.25) is 0 Å². The normalized spacial score (nSPS) is 10.6. The molecule has 0 spiro atoms. The van der Waals surface area contributed by atoms with Crippen LogP contribution in [0.1, 0.15) is 12.5 Å². The third kappa shape index (κ3) is 3.78. The molecular formula is C26H23N. The molecule has 0 aliphatic rings. The number of para-hydroxylation sites is 1. The molecule has 4 aromatic rings. The minimum Gasteiger partial charge on any atom is -0.310 e. The Morgan fingerprint density at radius 1 is 0.519 bits per heavy atom. The van der Waals surface area contributed by atoms with Crippen LogP contribution in [0.3, 0.4) is 0 Å². The first-order valence-corrected chi connectivity index (χ1v) is 9.45. The lowest BCUT2D eigenvalue weighted by atomic mass is 10.0. The van der Waals surface area contributed by atoms with Crippen LogP contribution in [0.5, 0.6) is 0 Å². The number of aryl methyl sites for hydroxylation is 1. The van der Waals surface area contributed by atoms with E-state index in [1.165, 1.54) is 28.1 Å². The van der Waals surface area contributed by atoms with E-state index in [1.54, 1.807) is 0 Å².